The molecule has 0 aliphatic heterocycles. The summed E-state index contributed by atoms with van der Waals surface area (Å²) in [5, 5.41) is 0. The smallest absolute Gasteiger partial charge is 0.127 e. The van der Waals surface area contributed by atoms with Gasteiger partial charge >= 0.3 is 0 Å². The first-order valence-electron chi connectivity index (χ1n) is 6.71. The minimum Gasteiger partial charge on any atom is -0.494 e. The Morgan fingerprint density at radius 3 is 2.16 bits per heavy atom. The molecule has 0 heterocycles. The number of ether oxygens (including phenoxy) is 2. The normalized spacial score (nSPS) is 10.3. The summed E-state index contributed by atoms with van der Waals surface area (Å²) in [6.45, 7) is 7.40. The maximum Gasteiger partial charge on any atom is 0.127 e. The Labute approximate surface area is 115 Å². The quantitative estimate of drug-likeness (QED) is 0.786. The van der Waals surface area contributed by atoms with Crippen molar-refractivity contribution in [2.24, 2.45) is 0 Å². The Morgan fingerprint density at radius 2 is 1.53 bits per heavy atom. The molecule has 2 rings (SSSR count). The second-order valence-corrected chi connectivity index (χ2v) is 4.39. The van der Waals surface area contributed by atoms with E-state index in [0.29, 0.717) is 13.2 Å². The Balaban J connectivity index is 2.44. The van der Waals surface area contributed by atoms with E-state index in [2.05, 4.69) is 31.2 Å². The molecule has 0 bridgehead atoms. The van der Waals surface area contributed by atoms with Crippen LogP contribution in [0.5, 0.6) is 11.5 Å². The van der Waals surface area contributed by atoms with Crippen LogP contribution < -0.4 is 9.47 Å². The Kier molecular flexibility index (Phi) is 4.45. The molecule has 2 nitrogen and oxygen atoms in total. The van der Waals surface area contributed by atoms with E-state index >= 15 is 0 Å². The largest absolute Gasteiger partial charge is 0.494 e. The van der Waals surface area contributed by atoms with Crippen LogP contribution in [0.1, 0.15) is 19.4 Å². The van der Waals surface area contributed by atoms with Crippen LogP contribution >= 0.6 is 0 Å². The summed E-state index contributed by atoms with van der Waals surface area (Å²) in [7, 11) is 0. The van der Waals surface area contributed by atoms with Gasteiger partial charge in [0.05, 0.1) is 13.2 Å². The van der Waals surface area contributed by atoms with Crippen molar-refractivity contribution in [3.63, 3.8) is 0 Å². The Morgan fingerprint density at radius 1 is 0.842 bits per heavy atom. The lowest BCUT2D eigenvalue weighted by atomic mass is 10.0. The second kappa shape index (κ2) is 6.28. The standard InChI is InChI=1S/C17H20O2/c1-4-18-15-10-11-17(19-5-2)16(12-15)14-8-6-13(3)7-9-14/h6-12H,4-5H2,1-3H3. The van der Waals surface area contributed by atoms with Crippen molar-refractivity contribution >= 4 is 0 Å². The molecule has 0 unspecified atom stereocenters. The predicted octanol–water partition coefficient (Wildman–Crippen LogP) is 4.46. The van der Waals surface area contributed by atoms with Gasteiger partial charge in [0, 0.05) is 5.56 Å². The van der Waals surface area contributed by atoms with Crippen molar-refractivity contribution < 1.29 is 9.47 Å². The van der Waals surface area contributed by atoms with Crippen molar-refractivity contribution in [1.29, 1.82) is 0 Å². The van der Waals surface area contributed by atoms with Gasteiger partial charge in [-0.15, -0.1) is 0 Å². The number of hydrogen-bond acceptors (Lipinski definition) is 2. The molecule has 0 radical (unpaired) electrons. The van der Waals surface area contributed by atoms with Gasteiger partial charge in [-0.2, -0.15) is 0 Å². The van der Waals surface area contributed by atoms with Gasteiger partial charge in [-0.1, -0.05) is 29.8 Å². The summed E-state index contributed by atoms with van der Waals surface area (Å²) < 4.78 is 11.3. The molecule has 0 amide bonds. The lowest BCUT2D eigenvalue weighted by molar-refractivity contribution is 0.331. The second-order valence-electron chi connectivity index (χ2n) is 4.39. The van der Waals surface area contributed by atoms with Gasteiger partial charge in [-0.05, 0) is 44.5 Å². The van der Waals surface area contributed by atoms with Gasteiger partial charge in [-0.25, -0.2) is 0 Å². The summed E-state index contributed by atoms with van der Waals surface area (Å²) in [6.07, 6.45) is 0. The molecule has 2 aromatic carbocycles. The fraction of sp³-hybridized carbons (Fsp3) is 0.294. The zero-order valence-electron chi connectivity index (χ0n) is 11.8. The summed E-state index contributed by atoms with van der Waals surface area (Å²) in [6, 6.07) is 14.4. The third kappa shape index (κ3) is 3.28. The highest BCUT2D eigenvalue weighted by atomic mass is 16.5. The van der Waals surface area contributed by atoms with Crippen LogP contribution in [0.2, 0.25) is 0 Å². The van der Waals surface area contributed by atoms with Crippen LogP contribution in [-0.2, 0) is 0 Å². The van der Waals surface area contributed by atoms with Crippen LogP contribution in [0, 0.1) is 6.92 Å². The van der Waals surface area contributed by atoms with Crippen LogP contribution in [0.4, 0.5) is 0 Å². The molecular formula is C17H20O2. The van der Waals surface area contributed by atoms with Crippen molar-refractivity contribution in [2.45, 2.75) is 20.8 Å². The van der Waals surface area contributed by atoms with Gasteiger partial charge in [0.15, 0.2) is 0 Å². The van der Waals surface area contributed by atoms with Gasteiger partial charge in [0.2, 0.25) is 0 Å². The monoisotopic (exact) mass is 256 g/mol. The van der Waals surface area contributed by atoms with Gasteiger partial charge in [0.1, 0.15) is 11.5 Å². The highest BCUT2D eigenvalue weighted by molar-refractivity contribution is 5.72. The molecular weight excluding hydrogens is 236 g/mol. The number of rotatable bonds is 5. The molecule has 0 saturated carbocycles. The van der Waals surface area contributed by atoms with E-state index in [9.17, 15) is 0 Å². The van der Waals surface area contributed by atoms with Crippen molar-refractivity contribution in [2.75, 3.05) is 13.2 Å². The first-order valence-corrected chi connectivity index (χ1v) is 6.71. The maximum atomic E-state index is 5.70. The number of aryl methyl sites for hydroxylation is 1. The molecule has 0 aliphatic carbocycles. The highest BCUT2D eigenvalue weighted by Gasteiger charge is 2.08. The van der Waals surface area contributed by atoms with E-state index in [-0.39, 0.29) is 0 Å². The fourth-order valence-electron chi connectivity index (χ4n) is 2.01. The van der Waals surface area contributed by atoms with E-state index in [0.717, 1.165) is 22.6 Å². The maximum absolute atomic E-state index is 5.70. The van der Waals surface area contributed by atoms with Crippen LogP contribution in [-0.4, -0.2) is 13.2 Å². The third-order valence-electron chi connectivity index (χ3n) is 2.92. The average molecular weight is 256 g/mol. The molecule has 100 valence electrons. The summed E-state index contributed by atoms with van der Waals surface area (Å²) in [4.78, 5) is 0. The molecule has 2 aromatic rings. The summed E-state index contributed by atoms with van der Waals surface area (Å²) in [5.41, 5.74) is 3.48. The van der Waals surface area contributed by atoms with E-state index in [1.807, 2.05) is 32.0 Å². The van der Waals surface area contributed by atoms with Crippen LogP contribution in [0.3, 0.4) is 0 Å². The van der Waals surface area contributed by atoms with Crippen LogP contribution in [0.25, 0.3) is 11.1 Å². The molecule has 0 fully saturated rings. The third-order valence-corrected chi connectivity index (χ3v) is 2.92. The number of benzene rings is 2. The van der Waals surface area contributed by atoms with E-state index in [4.69, 9.17) is 9.47 Å². The SMILES string of the molecule is CCOc1ccc(OCC)c(-c2ccc(C)cc2)c1. The lowest BCUT2D eigenvalue weighted by Gasteiger charge is -2.13. The molecule has 0 aromatic heterocycles. The lowest BCUT2D eigenvalue weighted by Crippen LogP contribution is -1.96. The average Bonchev–Trinajstić information content (AvgIpc) is 2.42. The fourth-order valence-corrected chi connectivity index (χ4v) is 2.01. The van der Waals surface area contributed by atoms with Gasteiger partial charge < -0.3 is 9.47 Å². The predicted molar refractivity (Wildman–Crippen MR) is 79.0 cm³/mol. The Bertz CT molecular complexity index is 529. The first kappa shape index (κ1) is 13.5. The molecule has 0 atom stereocenters. The van der Waals surface area contributed by atoms with Gasteiger partial charge in [-0.3, -0.25) is 0 Å². The molecule has 0 aliphatic rings. The van der Waals surface area contributed by atoms with Crippen molar-refractivity contribution in [3.05, 3.63) is 48.0 Å². The zero-order chi connectivity index (χ0) is 13.7. The minimum absolute atomic E-state index is 0.660. The molecule has 0 spiro atoms. The number of hydrogen-bond donors (Lipinski definition) is 0. The molecule has 0 N–H and O–H groups in total. The van der Waals surface area contributed by atoms with Crippen LogP contribution in [0.15, 0.2) is 42.5 Å². The van der Waals surface area contributed by atoms with Crippen molar-refractivity contribution in [1.82, 2.24) is 0 Å². The first-order chi connectivity index (χ1) is 9.24. The van der Waals surface area contributed by atoms with E-state index in [1.165, 1.54) is 5.56 Å². The van der Waals surface area contributed by atoms with Gasteiger partial charge in [0.25, 0.3) is 0 Å². The van der Waals surface area contributed by atoms with E-state index < -0.39 is 0 Å². The molecule has 19 heavy (non-hydrogen) atoms. The summed E-state index contributed by atoms with van der Waals surface area (Å²) in [5.74, 6) is 1.77. The zero-order valence-corrected chi connectivity index (χ0v) is 11.8. The van der Waals surface area contributed by atoms with Crippen molar-refractivity contribution in [3.8, 4) is 22.6 Å². The molecule has 0 saturated heterocycles. The van der Waals surface area contributed by atoms with E-state index in [1.54, 1.807) is 0 Å². The highest BCUT2D eigenvalue weighted by Crippen LogP contribution is 2.33. The molecule has 2 heteroatoms. The Hall–Kier alpha value is -1.96. The summed E-state index contributed by atoms with van der Waals surface area (Å²) >= 11 is 0. The topological polar surface area (TPSA) is 18.5 Å². The minimum atomic E-state index is 0.660.